The first-order valence-corrected chi connectivity index (χ1v) is 30.5. The summed E-state index contributed by atoms with van der Waals surface area (Å²) in [6.07, 6.45) is 70.0. The van der Waals surface area contributed by atoms with Crippen LogP contribution in [0.3, 0.4) is 0 Å². The molecule has 0 aromatic carbocycles. The Hall–Kier alpha value is -2.37. The highest BCUT2D eigenvalue weighted by atomic mass is 16.6. The number of carbonyl (C=O) groups excluding carboxylic acids is 3. The fourth-order valence-electron chi connectivity index (χ4n) is 9.11. The van der Waals surface area contributed by atoms with E-state index in [0.29, 0.717) is 19.3 Å². The van der Waals surface area contributed by atoms with Gasteiger partial charge in [-0.3, -0.25) is 14.4 Å². The third kappa shape index (κ3) is 56.4. The SMILES string of the molecule is CC/C=C\C/C=C\C/C=C\CCCCCCCC(=O)OC[C@H](COC(=O)CCCCCCCCCCCCCCCCC)OC(=O)CCCCCCCCCCCCCCCCCCCCCCC. The Bertz CT molecular complexity index is 1160. The van der Waals surface area contributed by atoms with Crippen molar-refractivity contribution in [2.45, 2.75) is 335 Å². The van der Waals surface area contributed by atoms with Crippen molar-refractivity contribution in [3.63, 3.8) is 0 Å². The predicted octanol–water partition coefficient (Wildman–Crippen LogP) is 20.4. The van der Waals surface area contributed by atoms with E-state index in [1.807, 2.05) is 0 Å². The summed E-state index contributed by atoms with van der Waals surface area (Å²) in [5.74, 6) is -0.867. The van der Waals surface area contributed by atoms with Gasteiger partial charge in [-0.05, 0) is 51.4 Å². The zero-order valence-electron chi connectivity index (χ0n) is 46.3. The van der Waals surface area contributed by atoms with E-state index in [-0.39, 0.29) is 31.1 Å². The quantitative estimate of drug-likeness (QED) is 0.0261. The van der Waals surface area contributed by atoms with Gasteiger partial charge in [0, 0.05) is 19.3 Å². The Balaban J connectivity index is 4.31. The Labute approximate surface area is 429 Å². The highest BCUT2D eigenvalue weighted by Crippen LogP contribution is 2.18. The molecule has 0 aromatic rings. The van der Waals surface area contributed by atoms with E-state index in [1.165, 1.54) is 193 Å². The van der Waals surface area contributed by atoms with Crippen LogP contribution in [0.25, 0.3) is 0 Å². The molecule has 0 saturated heterocycles. The standard InChI is InChI=1S/C63H116O6/c1-4-7-10-13-16-19-22-25-28-29-30-31-32-33-36-39-42-45-48-51-54-57-63(66)69-60(58-67-61(64)55-52-49-46-43-40-37-34-26-23-20-17-14-11-8-5-2)59-68-62(65)56-53-50-47-44-41-38-35-27-24-21-18-15-12-9-6-3/h8,11,17,20,26,34,60H,4-7,9-10,12-16,18-19,21-25,27-33,35-59H2,1-3H3/b11-8-,20-17-,34-26-/t60-/m1/s1. The Morgan fingerprint density at radius 3 is 0.884 bits per heavy atom. The maximum atomic E-state index is 12.9. The zero-order chi connectivity index (χ0) is 50.0. The average Bonchev–Trinajstić information content (AvgIpc) is 3.35. The molecule has 0 aliphatic rings. The van der Waals surface area contributed by atoms with Crippen LogP contribution in [0.2, 0.25) is 0 Å². The second-order valence-corrected chi connectivity index (χ2v) is 20.6. The van der Waals surface area contributed by atoms with Crippen molar-refractivity contribution in [1.29, 1.82) is 0 Å². The molecule has 0 heterocycles. The topological polar surface area (TPSA) is 78.9 Å². The van der Waals surface area contributed by atoms with E-state index in [2.05, 4.69) is 57.2 Å². The molecule has 0 rings (SSSR count). The summed E-state index contributed by atoms with van der Waals surface area (Å²) in [7, 11) is 0. The first-order valence-electron chi connectivity index (χ1n) is 30.5. The number of unbranched alkanes of at least 4 members (excludes halogenated alkanes) is 39. The molecule has 0 N–H and O–H groups in total. The summed E-state index contributed by atoms with van der Waals surface area (Å²) >= 11 is 0. The molecule has 0 bridgehead atoms. The predicted molar refractivity (Wildman–Crippen MR) is 298 cm³/mol. The molecule has 0 radical (unpaired) electrons. The lowest BCUT2D eigenvalue weighted by Gasteiger charge is -2.18. The van der Waals surface area contributed by atoms with Gasteiger partial charge in [-0.15, -0.1) is 0 Å². The molecule has 0 unspecified atom stereocenters. The summed E-state index contributed by atoms with van der Waals surface area (Å²) in [5, 5.41) is 0. The summed E-state index contributed by atoms with van der Waals surface area (Å²) in [6, 6.07) is 0. The number of esters is 3. The molecule has 0 amide bonds. The fraction of sp³-hybridized carbons (Fsp3) is 0.857. The zero-order valence-corrected chi connectivity index (χ0v) is 46.3. The molecule has 0 aliphatic carbocycles. The molecule has 6 nitrogen and oxygen atoms in total. The van der Waals surface area contributed by atoms with Gasteiger partial charge in [-0.25, -0.2) is 0 Å². The summed E-state index contributed by atoms with van der Waals surface area (Å²) in [4.78, 5) is 38.2. The summed E-state index contributed by atoms with van der Waals surface area (Å²) < 4.78 is 16.9. The maximum absolute atomic E-state index is 12.9. The molecule has 0 saturated carbocycles. The lowest BCUT2D eigenvalue weighted by Crippen LogP contribution is -2.30. The van der Waals surface area contributed by atoms with Crippen LogP contribution in [0.5, 0.6) is 0 Å². The van der Waals surface area contributed by atoms with Gasteiger partial charge in [0.15, 0.2) is 6.10 Å². The molecule has 69 heavy (non-hydrogen) atoms. The Kier molecular flexibility index (Phi) is 56.2. The van der Waals surface area contributed by atoms with Crippen LogP contribution in [0.15, 0.2) is 36.5 Å². The molecule has 0 fully saturated rings. The second kappa shape index (κ2) is 58.2. The maximum Gasteiger partial charge on any atom is 0.306 e. The Morgan fingerprint density at radius 2 is 0.565 bits per heavy atom. The van der Waals surface area contributed by atoms with Crippen molar-refractivity contribution >= 4 is 17.9 Å². The van der Waals surface area contributed by atoms with Crippen LogP contribution in [0.1, 0.15) is 329 Å². The van der Waals surface area contributed by atoms with Crippen molar-refractivity contribution in [3.05, 3.63) is 36.5 Å². The number of allylic oxidation sites excluding steroid dienone is 6. The smallest absolute Gasteiger partial charge is 0.306 e. The largest absolute Gasteiger partial charge is 0.462 e. The average molecular weight is 970 g/mol. The lowest BCUT2D eigenvalue weighted by molar-refractivity contribution is -0.167. The van der Waals surface area contributed by atoms with Crippen molar-refractivity contribution in [2.75, 3.05) is 13.2 Å². The van der Waals surface area contributed by atoms with Crippen molar-refractivity contribution < 1.29 is 28.6 Å². The monoisotopic (exact) mass is 969 g/mol. The van der Waals surface area contributed by atoms with Crippen molar-refractivity contribution in [2.24, 2.45) is 0 Å². The Morgan fingerprint density at radius 1 is 0.304 bits per heavy atom. The number of hydrogen-bond donors (Lipinski definition) is 0. The van der Waals surface area contributed by atoms with Crippen molar-refractivity contribution in [3.8, 4) is 0 Å². The highest BCUT2D eigenvalue weighted by molar-refractivity contribution is 5.71. The van der Waals surface area contributed by atoms with Gasteiger partial charge in [0.2, 0.25) is 0 Å². The van der Waals surface area contributed by atoms with Gasteiger partial charge in [0.05, 0.1) is 0 Å². The van der Waals surface area contributed by atoms with Crippen molar-refractivity contribution in [1.82, 2.24) is 0 Å². The lowest BCUT2D eigenvalue weighted by atomic mass is 10.0. The van der Waals surface area contributed by atoms with Crippen LogP contribution < -0.4 is 0 Å². The van der Waals surface area contributed by atoms with E-state index >= 15 is 0 Å². The van der Waals surface area contributed by atoms with Crippen LogP contribution in [0, 0.1) is 0 Å². The number of hydrogen-bond acceptors (Lipinski definition) is 6. The first kappa shape index (κ1) is 66.6. The third-order valence-electron chi connectivity index (χ3n) is 13.7. The number of carbonyl (C=O) groups is 3. The van der Waals surface area contributed by atoms with Gasteiger partial charge in [-0.2, -0.15) is 0 Å². The molecule has 6 heteroatoms. The minimum Gasteiger partial charge on any atom is -0.462 e. The van der Waals surface area contributed by atoms with Crippen LogP contribution in [-0.4, -0.2) is 37.2 Å². The van der Waals surface area contributed by atoms with Gasteiger partial charge >= 0.3 is 17.9 Å². The molecule has 404 valence electrons. The number of rotatable bonds is 56. The fourth-order valence-corrected chi connectivity index (χ4v) is 9.11. The molecule has 0 aliphatic heterocycles. The van der Waals surface area contributed by atoms with E-state index in [4.69, 9.17) is 14.2 Å². The van der Waals surface area contributed by atoms with E-state index < -0.39 is 6.10 Å². The molecule has 0 aromatic heterocycles. The van der Waals surface area contributed by atoms with E-state index in [9.17, 15) is 14.4 Å². The minimum absolute atomic E-state index is 0.0725. The normalized spacial score (nSPS) is 12.2. The van der Waals surface area contributed by atoms with Gasteiger partial charge in [0.1, 0.15) is 13.2 Å². The van der Waals surface area contributed by atoms with Gasteiger partial charge < -0.3 is 14.2 Å². The summed E-state index contributed by atoms with van der Waals surface area (Å²) in [5.41, 5.74) is 0. The van der Waals surface area contributed by atoms with Crippen LogP contribution >= 0.6 is 0 Å². The molecule has 1 atom stereocenters. The van der Waals surface area contributed by atoms with Crippen LogP contribution in [-0.2, 0) is 28.6 Å². The molecular formula is C63H116O6. The first-order chi connectivity index (χ1) is 34.0. The van der Waals surface area contributed by atoms with E-state index in [0.717, 1.165) is 96.3 Å². The van der Waals surface area contributed by atoms with Crippen LogP contribution in [0.4, 0.5) is 0 Å². The third-order valence-corrected chi connectivity index (χ3v) is 13.7. The van der Waals surface area contributed by atoms with Gasteiger partial charge in [0.25, 0.3) is 0 Å². The van der Waals surface area contributed by atoms with Gasteiger partial charge in [-0.1, -0.05) is 295 Å². The second-order valence-electron chi connectivity index (χ2n) is 20.6. The molecule has 0 spiro atoms. The van der Waals surface area contributed by atoms with E-state index in [1.54, 1.807) is 0 Å². The number of ether oxygens (including phenoxy) is 3. The molecular weight excluding hydrogens is 853 g/mol. The highest BCUT2D eigenvalue weighted by Gasteiger charge is 2.19. The summed E-state index contributed by atoms with van der Waals surface area (Å²) in [6.45, 7) is 6.57. The minimum atomic E-state index is -0.775.